The summed E-state index contributed by atoms with van der Waals surface area (Å²) < 4.78 is 46.2. The molecule has 0 radical (unpaired) electrons. The van der Waals surface area contributed by atoms with Crippen LogP contribution in [0.4, 0.5) is 18.0 Å². The molecule has 1 N–H and O–H groups in total. The Labute approximate surface area is 196 Å². The molecule has 3 rings (SSSR count). The van der Waals surface area contributed by atoms with Crippen LogP contribution in [0.1, 0.15) is 55.0 Å². The number of halogens is 3. The number of hydrogen-bond acceptors (Lipinski definition) is 3. The third kappa shape index (κ3) is 5.50. The van der Waals surface area contributed by atoms with Gasteiger partial charge in [0, 0.05) is 18.0 Å². The van der Waals surface area contributed by atoms with Crippen LogP contribution in [0, 0.1) is 0 Å². The van der Waals surface area contributed by atoms with Crippen LogP contribution in [-0.2, 0) is 12.7 Å². The first-order valence-electron chi connectivity index (χ1n) is 10.8. The number of alkyl halides is 3. The molecule has 0 aliphatic carbocycles. The summed E-state index contributed by atoms with van der Waals surface area (Å²) in [6.07, 6.45) is -2.70. The Kier molecular flexibility index (Phi) is 7.49. The highest BCUT2D eigenvalue weighted by atomic mass is 19.4. The van der Waals surface area contributed by atoms with Crippen LogP contribution in [0.25, 0.3) is 11.1 Å². The number of methoxy groups -OCH3 is 1. The van der Waals surface area contributed by atoms with Crippen molar-refractivity contribution >= 4 is 6.09 Å². The molecule has 0 spiro atoms. The summed E-state index contributed by atoms with van der Waals surface area (Å²) >= 11 is 0. The fourth-order valence-electron chi connectivity index (χ4n) is 3.82. The van der Waals surface area contributed by atoms with Gasteiger partial charge in [-0.3, -0.25) is 9.88 Å². The van der Waals surface area contributed by atoms with E-state index in [0.29, 0.717) is 22.4 Å². The Morgan fingerprint density at radius 2 is 1.79 bits per heavy atom. The van der Waals surface area contributed by atoms with Gasteiger partial charge in [0.2, 0.25) is 0 Å². The lowest BCUT2D eigenvalue weighted by molar-refractivity contribution is -0.137. The molecule has 1 atom stereocenters. The van der Waals surface area contributed by atoms with Gasteiger partial charge in [0.05, 0.1) is 25.3 Å². The normalized spacial score (nSPS) is 12.5. The quantitative estimate of drug-likeness (QED) is 0.397. The van der Waals surface area contributed by atoms with Crippen LogP contribution in [-0.4, -0.2) is 28.2 Å². The number of carbonyl (C=O) groups is 1. The average Bonchev–Trinajstić information content (AvgIpc) is 2.81. The SMILES string of the molecule is COc1ccc(C(C)C)cc1-c1ccc(C(F)(F)F)cc1CN(C(=O)O)C(C)c1cccnc1. The maximum atomic E-state index is 13.6. The van der Waals surface area contributed by atoms with Crippen molar-refractivity contribution in [1.29, 1.82) is 0 Å². The first-order valence-corrected chi connectivity index (χ1v) is 10.8. The van der Waals surface area contributed by atoms with E-state index in [0.717, 1.165) is 22.6 Å². The van der Waals surface area contributed by atoms with Crippen LogP contribution in [0.15, 0.2) is 60.9 Å². The third-order valence-corrected chi connectivity index (χ3v) is 5.83. The molecule has 34 heavy (non-hydrogen) atoms. The molecular formula is C26H27F3N2O3. The highest BCUT2D eigenvalue weighted by Gasteiger charge is 2.32. The molecule has 0 saturated heterocycles. The first kappa shape index (κ1) is 25.1. The monoisotopic (exact) mass is 472 g/mol. The maximum Gasteiger partial charge on any atom is 0.416 e. The Morgan fingerprint density at radius 1 is 1.06 bits per heavy atom. The summed E-state index contributed by atoms with van der Waals surface area (Å²) in [6.45, 7) is 5.46. The smallest absolute Gasteiger partial charge is 0.416 e. The predicted molar refractivity (Wildman–Crippen MR) is 124 cm³/mol. The molecule has 1 aromatic heterocycles. The molecule has 0 aliphatic rings. The number of hydrogen-bond donors (Lipinski definition) is 1. The van der Waals surface area contributed by atoms with E-state index in [-0.39, 0.29) is 18.0 Å². The number of rotatable bonds is 7. The van der Waals surface area contributed by atoms with Crippen molar-refractivity contribution in [1.82, 2.24) is 9.88 Å². The van der Waals surface area contributed by atoms with Gasteiger partial charge in [0.25, 0.3) is 0 Å². The average molecular weight is 473 g/mol. The summed E-state index contributed by atoms with van der Waals surface area (Å²) in [4.78, 5) is 17.3. The van der Waals surface area contributed by atoms with E-state index in [1.807, 2.05) is 26.0 Å². The highest BCUT2D eigenvalue weighted by Crippen LogP contribution is 2.39. The van der Waals surface area contributed by atoms with Gasteiger partial charge in [-0.25, -0.2) is 4.79 Å². The van der Waals surface area contributed by atoms with Crippen LogP contribution in [0.5, 0.6) is 5.75 Å². The lowest BCUT2D eigenvalue weighted by atomic mass is 9.92. The van der Waals surface area contributed by atoms with Crippen molar-refractivity contribution in [3.05, 3.63) is 83.2 Å². The number of pyridine rings is 1. The Balaban J connectivity index is 2.17. The van der Waals surface area contributed by atoms with Crippen molar-refractivity contribution in [2.75, 3.05) is 7.11 Å². The Bertz CT molecular complexity index is 1150. The second-order valence-corrected chi connectivity index (χ2v) is 8.36. The first-order chi connectivity index (χ1) is 16.0. The van der Waals surface area contributed by atoms with E-state index < -0.39 is 23.9 Å². The van der Waals surface area contributed by atoms with Gasteiger partial charge in [-0.05, 0) is 65.4 Å². The number of ether oxygens (including phenoxy) is 1. The number of carboxylic acid groups (broad SMARTS) is 1. The standard InChI is InChI=1S/C26H27F3N2O3/c1-16(2)18-7-10-24(34-4)23(13-18)22-9-8-21(26(27,28)29)12-20(22)15-31(25(32)33)17(3)19-6-5-11-30-14-19/h5-14,16-17H,15H2,1-4H3,(H,32,33). The Hall–Kier alpha value is -3.55. The van der Waals surface area contributed by atoms with E-state index >= 15 is 0 Å². The summed E-state index contributed by atoms with van der Waals surface area (Å²) in [6, 6.07) is 11.8. The van der Waals surface area contributed by atoms with E-state index in [1.54, 1.807) is 37.5 Å². The van der Waals surface area contributed by atoms with Crippen LogP contribution < -0.4 is 4.74 Å². The minimum Gasteiger partial charge on any atom is -0.496 e. The fraction of sp³-hybridized carbons (Fsp3) is 0.308. The van der Waals surface area contributed by atoms with Gasteiger partial charge in [0.1, 0.15) is 5.75 Å². The van der Waals surface area contributed by atoms with E-state index in [1.165, 1.54) is 13.2 Å². The zero-order valence-electron chi connectivity index (χ0n) is 19.4. The minimum absolute atomic E-state index is 0.184. The zero-order chi connectivity index (χ0) is 25.0. The summed E-state index contributed by atoms with van der Waals surface area (Å²) in [5, 5.41) is 9.93. The number of nitrogens with zero attached hydrogens (tertiary/aromatic N) is 2. The van der Waals surface area contributed by atoms with Gasteiger partial charge in [0.15, 0.2) is 0 Å². The number of amides is 1. The second-order valence-electron chi connectivity index (χ2n) is 8.36. The molecule has 0 aliphatic heterocycles. The largest absolute Gasteiger partial charge is 0.496 e. The van der Waals surface area contributed by atoms with Gasteiger partial charge in [-0.15, -0.1) is 0 Å². The maximum absolute atomic E-state index is 13.6. The lowest BCUT2D eigenvalue weighted by Crippen LogP contribution is -2.32. The van der Waals surface area contributed by atoms with Crippen molar-refractivity contribution in [3.63, 3.8) is 0 Å². The molecular weight excluding hydrogens is 445 g/mol. The van der Waals surface area contributed by atoms with E-state index in [2.05, 4.69) is 4.98 Å². The Morgan fingerprint density at radius 3 is 2.35 bits per heavy atom. The zero-order valence-corrected chi connectivity index (χ0v) is 19.4. The topological polar surface area (TPSA) is 62.7 Å². The summed E-state index contributed by atoms with van der Waals surface area (Å²) in [7, 11) is 1.49. The minimum atomic E-state index is -4.57. The van der Waals surface area contributed by atoms with Crippen LogP contribution in [0.2, 0.25) is 0 Å². The molecule has 3 aromatic rings. The molecule has 1 unspecified atom stereocenters. The van der Waals surface area contributed by atoms with Gasteiger partial charge in [-0.1, -0.05) is 32.0 Å². The molecule has 0 bridgehead atoms. The summed E-state index contributed by atoms with van der Waals surface area (Å²) in [5.74, 6) is 0.677. The van der Waals surface area contributed by atoms with Gasteiger partial charge < -0.3 is 9.84 Å². The number of aromatic nitrogens is 1. The predicted octanol–water partition coefficient (Wildman–Crippen LogP) is 7.14. The third-order valence-electron chi connectivity index (χ3n) is 5.83. The van der Waals surface area contributed by atoms with Crippen LogP contribution in [0.3, 0.4) is 0 Å². The number of benzene rings is 2. The summed E-state index contributed by atoms with van der Waals surface area (Å²) in [5.41, 5.74) is 2.10. The van der Waals surface area contributed by atoms with Crippen molar-refractivity contribution in [3.8, 4) is 16.9 Å². The molecule has 1 heterocycles. The van der Waals surface area contributed by atoms with E-state index in [4.69, 9.17) is 4.74 Å². The molecule has 2 aromatic carbocycles. The molecule has 5 nitrogen and oxygen atoms in total. The lowest BCUT2D eigenvalue weighted by Gasteiger charge is -2.28. The van der Waals surface area contributed by atoms with Gasteiger partial charge in [-0.2, -0.15) is 13.2 Å². The molecule has 1 amide bonds. The molecule has 0 saturated carbocycles. The van der Waals surface area contributed by atoms with Crippen molar-refractivity contribution in [2.24, 2.45) is 0 Å². The molecule has 180 valence electrons. The van der Waals surface area contributed by atoms with Crippen molar-refractivity contribution in [2.45, 2.75) is 45.5 Å². The second kappa shape index (κ2) is 10.2. The molecule has 8 heteroatoms. The molecule has 0 fully saturated rings. The van der Waals surface area contributed by atoms with Gasteiger partial charge >= 0.3 is 12.3 Å². The van der Waals surface area contributed by atoms with E-state index in [9.17, 15) is 23.1 Å². The van der Waals surface area contributed by atoms with Crippen LogP contribution >= 0.6 is 0 Å². The fourth-order valence-corrected chi connectivity index (χ4v) is 3.82. The van der Waals surface area contributed by atoms with Crippen molar-refractivity contribution < 1.29 is 27.8 Å². The highest BCUT2D eigenvalue weighted by molar-refractivity contribution is 5.75.